The summed E-state index contributed by atoms with van der Waals surface area (Å²) in [6.45, 7) is 7.45. The number of para-hydroxylation sites is 1. The molecule has 4 amide bonds. The summed E-state index contributed by atoms with van der Waals surface area (Å²) < 4.78 is 66.3. The zero-order valence-corrected chi connectivity index (χ0v) is 67.0. The van der Waals surface area contributed by atoms with Crippen molar-refractivity contribution >= 4 is 104 Å². The number of furan rings is 1. The molecular weight excluding hydrogens is 1560 g/mol. The van der Waals surface area contributed by atoms with Gasteiger partial charge in [-0.3, -0.25) is 43.0 Å². The molecule has 0 atom stereocenters. The number of carbonyl (C=O) groups excluding carboxylic acids is 8. The van der Waals surface area contributed by atoms with Crippen LogP contribution in [-0.2, 0) is 26.2 Å². The minimum Gasteiger partial charge on any atom is -0.486 e. The average Bonchev–Trinajstić information content (AvgIpc) is 1.16. The van der Waals surface area contributed by atoms with Crippen molar-refractivity contribution in [3.8, 4) is 23.0 Å². The minimum atomic E-state index is -0.594. The van der Waals surface area contributed by atoms with Gasteiger partial charge in [-0.05, 0) is 203 Å². The second-order valence-electron chi connectivity index (χ2n) is 34.2. The molecule has 4 N–H and O–H groups in total. The molecule has 0 saturated heterocycles. The van der Waals surface area contributed by atoms with Gasteiger partial charge >= 0.3 is 0 Å². The third-order valence-electron chi connectivity index (χ3n) is 23.7. The van der Waals surface area contributed by atoms with Crippen molar-refractivity contribution < 1.29 is 79.4 Å². The lowest BCUT2D eigenvalue weighted by Gasteiger charge is -2.70. The largest absolute Gasteiger partial charge is 0.486 e. The number of carbonyl (C=O) groups is 8. The van der Waals surface area contributed by atoms with Crippen LogP contribution >= 0.6 is 46.4 Å². The highest BCUT2D eigenvalue weighted by Gasteiger charge is 2.71. The van der Waals surface area contributed by atoms with Gasteiger partial charge in [0.15, 0.2) is 42.2 Å². The first-order valence-electron chi connectivity index (χ1n) is 38.4. The Labute approximate surface area is 681 Å². The summed E-state index contributed by atoms with van der Waals surface area (Å²) in [5, 5.41) is 22.4. The molecule has 4 heterocycles. The van der Waals surface area contributed by atoms with E-state index in [0.717, 1.165) is 124 Å². The van der Waals surface area contributed by atoms with Crippen molar-refractivity contribution in [1.29, 1.82) is 0 Å². The molecule has 0 spiro atoms. The van der Waals surface area contributed by atoms with Crippen molar-refractivity contribution in [2.45, 2.75) is 177 Å². The molecule has 23 nitrogen and oxygen atoms in total. The Balaban J connectivity index is 0.000000121. The molecule has 0 unspecified atom stereocenters. The van der Waals surface area contributed by atoms with Crippen LogP contribution in [0.5, 0.6) is 23.0 Å². The summed E-state index contributed by atoms with van der Waals surface area (Å²) in [7, 11) is 1.78. The lowest BCUT2D eigenvalue weighted by Crippen LogP contribution is -2.75. The molecule has 13 fully saturated rings. The molecule has 13 saturated carbocycles. The Morgan fingerprint density at radius 3 is 1.43 bits per heavy atom. The molecule has 8 bridgehead atoms. The topological polar surface area (TPSA) is 305 Å². The van der Waals surface area contributed by atoms with E-state index in [1.807, 2.05) is 64.1 Å². The third kappa shape index (κ3) is 17.6. The van der Waals surface area contributed by atoms with Gasteiger partial charge in [-0.2, -0.15) is 5.10 Å². The Kier molecular flexibility index (Phi) is 21.8. The number of fused-ring (bicyclic) bond motifs is 1. The van der Waals surface area contributed by atoms with Gasteiger partial charge < -0.3 is 53.6 Å². The number of benzene rings is 5. The Morgan fingerprint density at radius 2 is 0.974 bits per heavy atom. The third-order valence-corrected chi connectivity index (χ3v) is 25.2. The fraction of sp³-hybridized carbons (Fsp3) is 0.430. The number of rotatable bonds is 30. The Morgan fingerprint density at radius 1 is 0.530 bits per heavy atom. The predicted octanol–water partition coefficient (Wildman–Crippen LogP) is 16.5. The van der Waals surface area contributed by atoms with Gasteiger partial charge in [0.25, 0.3) is 23.6 Å². The van der Waals surface area contributed by atoms with Crippen LogP contribution in [0.1, 0.15) is 206 Å². The number of ketones is 4. The van der Waals surface area contributed by atoms with E-state index in [1.54, 1.807) is 54.5 Å². The first-order chi connectivity index (χ1) is 54.7. The summed E-state index contributed by atoms with van der Waals surface area (Å²) in [6.07, 6.45) is 20.1. The number of Topliss-reactive ketones (excluding diaryl/α,β-unsaturated/α-hetero) is 4. The van der Waals surface area contributed by atoms with Crippen molar-refractivity contribution in [3.63, 3.8) is 0 Å². The lowest BCUT2D eigenvalue weighted by atomic mass is 9.38. The lowest BCUT2D eigenvalue weighted by molar-refractivity contribution is -0.165. The van der Waals surface area contributed by atoms with Crippen LogP contribution in [0.4, 0.5) is 8.78 Å². The zero-order chi connectivity index (χ0) is 81.2. The minimum absolute atomic E-state index is 0.000367. The number of aromatic nitrogens is 4. The molecule has 9 aromatic rings. The molecule has 602 valence electrons. The predicted molar refractivity (Wildman–Crippen MR) is 420 cm³/mol. The van der Waals surface area contributed by atoms with Crippen molar-refractivity contribution in [2.75, 3.05) is 26.4 Å². The molecular formula is C86H86Cl4F2N8O15. The highest BCUT2D eigenvalue weighted by atomic mass is 35.5. The van der Waals surface area contributed by atoms with Crippen LogP contribution < -0.4 is 40.2 Å². The monoisotopic (exact) mass is 1650 g/mol. The SMILES string of the molecule is CC(C)c1nc(C(=O)CC23CC(NC(=O)COc4ccc(Cl)c(F)c4)(C2)C3)co1.Cc1cc(OCC(=O)CC23CC(NC(=O)c4cc(C5CC5)no4)(C2)C3)ccc1Cl.Cc1cc(OCC(=O)CC23CC(NC(=O)c4coc5ccccc45)(C2)C3)ccc1Cl.Cn1cc(C(=O)CC23CC(NC(=O)COc4ccc(Cl)c(F)c4)(C2)C3)cn1. The number of ether oxygens (including phenoxy) is 4. The highest BCUT2D eigenvalue weighted by Crippen LogP contribution is 2.72. The molecule has 13 aliphatic carbocycles. The number of aryl methyl sites for hydroxylation is 3. The Hall–Kier alpha value is -9.95. The molecule has 115 heavy (non-hydrogen) atoms. The van der Waals surface area contributed by atoms with E-state index in [-0.39, 0.29) is 150 Å². The van der Waals surface area contributed by atoms with Gasteiger partial charge in [0, 0.05) is 107 Å². The van der Waals surface area contributed by atoms with E-state index in [2.05, 4.69) is 36.5 Å². The van der Waals surface area contributed by atoms with Gasteiger partial charge in [0.05, 0.1) is 33.1 Å². The van der Waals surface area contributed by atoms with E-state index >= 15 is 0 Å². The van der Waals surface area contributed by atoms with Crippen LogP contribution in [0.25, 0.3) is 11.0 Å². The van der Waals surface area contributed by atoms with Gasteiger partial charge in [0.2, 0.25) is 5.76 Å². The summed E-state index contributed by atoms with van der Waals surface area (Å²) in [4.78, 5) is 103. The molecule has 29 heteroatoms. The number of nitrogens with zero attached hydrogens (tertiary/aromatic N) is 4. The van der Waals surface area contributed by atoms with Crippen LogP contribution in [0, 0.1) is 47.1 Å². The van der Waals surface area contributed by atoms with E-state index in [4.69, 9.17) is 78.7 Å². The standard InChI is InChI=1S/C24H22ClNO4.C22H23ClN2O4.C21H22ClFN2O4.C19H19ClFN3O3/c1-15-8-17(6-7-20(15)25)29-10-16(27)9-23-12-24(13-23,14-23)26-22(28)19-11-30-21-5-3-2-4-18(19)21;1-13-6-16(4-5-17(13)23)28-9-15(26)8-21-10-22(11-21,12-21)24-20(27)19-7-18(25-29-19)14-2-3-14;1-12(2)19-24-16(7-29-19)17(26)6-20-9-21(10-20,11-20)25-18(27)8-28-13-3-4-14(22)15(23)5-13;1-24-7-12(6-22-24)16(25)5-18-9-19(10-18,11-18)23-17(26)8-27-13-2-3-14(20)15(21)4-13/h2-8,11H,9-10,12-14H2,1H3,(H,26,28);4-7,14H,2-3,8-12H2,1H3,(H,24,27);3-5,7,12H,6,8-11H2,1-2H3,(H,25,27);2-4,6-7H,5,8-11H2,1H3,(H,23,26). The summed E-state index contributed by atoms with van der Waals surface area (Å²) in [6, 6.07) is 28.1. The second kappa shape index (κ2) is 31.2. The second-order valence-corrected chi connectivity index (χ2v) is 35.8. The number of nitrogens with one attached hydrogen (secondary N) is 4. The summed E-state index contributed by atoms with van der Waals surface area (Å²) in [5.74, 6) is 1.48. The van der Waals surface area contributed by atoms with Crippen LogP contribution in [-0.4, -0.2) is 115 Å². The van der Waals surface area contributed by atoms with Gasteiger partial charge in [0.1, 0.15) is 71.6 Å². The van der Waals surface area contributed by atoms with Crippen LogP contribution in [0.2, 0.25) is 20.1 Å². The number of hydrogen-bond donors (Lipinski definition) is 4. The summed E-state index contributed by atoms with van der Waals surface area (Å²) in [5.41, 5.74) is 4.14. The number of oxazole rings is 1. The molecule has 13 aliphatic rings. The zero-order valence-electron chi connectivity index (χ0n) is 64.0. The van der Waals surface area contributed by atoms with Gasteiger partial charge in [-0.1, -0.05) is 83.6 Å². The maximum Gasteiger partial charge on any atom is 0.290 e. The van der Waals surface area contributed by atoms with Crippen LogP contribution in [0.15, 0.2) is 141 Å². The van der Waals surface area contributed by atoms with E-state index in [1.165, 1.54) is 36.8 Å². The Bertz CT molecular complexity index is 5130. The number of halogens is 6. The van der Waals surface area contributed by atoms with Crippen molar-refractivity contribution in [3.05, 3.63) is 205 Å². The molecule has 4 aromatic heterocycles. The van der Waals surface area contributed by atoms with Crippen LogP contribution in [0.3, 0.4) is 0 Å². The molecule has 5 aromatic carbocycles. The van der Waals surface area contributed by atoms with E-state index < -0.39 is 11.6 Å². The first-order valence-corrected chi connectivity index (χ1v) is 39.9. The maximum absolute atomic E-state index is 13.4. The highest BCUT2D eigenvalue weighted by molar-refractivity contribution is 6.32. The van der Waals surface area contributed by atoms with Gasteiger partial charge in [-0.15, -0.1) is 0 Å². The normalized spacial score (nSPS) is 25.2. The number of amides is 4. The molecule has 22 rings (SSSR count). The van der Waals surface area contributed by atoms with E-state index in [9.17, 15) is 47.1 Å². The fourth-order valence-corrected chi connectivity index (χ4v) is 19.4. The smallest absolute Gasteiger partial charge is 0.290 e. The van der Waals surface area contributed by atoms with Crippen molar-refractivity contribution in [2.24, 2.45) is 28.7 Å². The fourth-order valence-electron chi connectivity index (χ4n) is 18.9. The van der Waals surface area contributed by atoms with E-state index in [0.29, 0.717) is 81.4 Å². The van der Waals surface area contributed by atoms with Crippen molar-refractivity contribution in [1.82, 2.24) is 41.2 Å². The first kappa shape index (κ1) is 80.2. The van der Waals surface area contributed by atoms with Gasteiger partial charge in [-0.25, -0.2) is 13.8 Å². The average molecular weight is 1650 g/mol. The maximum atomic E-state index is 13.4. The quantitative estimate of drug-likeness (QED) is 0.0304. The molecule has 0 radical (unpaired) electrons. The summed E-state index contributed by atoms with van der Waals surface area (Å²) >= 11 is 23.3. The number of hydrogen-bond acceptors (Lipinski definition) is 18. The molecule has 0 aliphatic heterocycles.